The summed E-state index contributed by atoms with van der Waals surface area (Å²) in [6, 6.07) is 9.62. The Morgan fingerprint density at radius 3 is 2.82 bits per heavy atom. The molecule has 2 amide bonds. The van der Waals surface area contributed by atoms with Gasteiger partial charge >= 0.3 is 6.03 Å². The highest BCUT2D eigenvalue weighted by atomic mass is 16.2. The third-order valence-corrected chi connectivity index (χ3v) is 2.45. The van der Waals surface area contributed by atoms with Crippen LogP contribution < -0.4 is 11.1 Å². The summed E-state index contributed by atoms with van der Waals surface area (Å²) in [5, 5.41) is 2.60. The van der Waals surface area contributed by atoms with Gasteiger partial charge in [0, 0.05) is 31.1 Å². The van der Waals surface area contributed by atoms with Gasteiger partial charge in [-0.15, -0.1) is 0 Å². The van der Waals surface area contributed by atoms with E-state index in [-0.39, 0.29) is 0 Å². The van der Waals surface area contributed by atoms with Crippen LogP contribution in [0, 0.1) is 0 Å². The summed E-state index contributed by atoms with van der Waals surface area (Å²) in [7, 11) is 0. The maximum absolute atomic E-state index is 10.8. The normalized spacial score (nSPS) is 14.4. The molecule has 0 aromatic heterocycles. The van der Waals surface area contributed by atoms with E-state index in [1.807, 2.05) is 41.6 Å². The van der Waals surface area contributed by atoms with Gasteiger partial charge in [0.15, 0.2) is 0 Å². The van der Waals surface area contributed by atoms with Gasteiger partial charge in [-0.25, -0.2) is 4.79 Å². The number of amides is 2. The van der Waals surface area contributed by atoms with Crippen LogP contribution in [0.3, 0.4) is 0 Å². The molecule has 0 radical (unpaired) electrons. The third-order valence-electron chi connectivity index (χ3n) is 2.45. The fourth-order valence-corrected chi connectivity index (χ4v) is 1.75. The number of urea groups is 1. The fourth-order valence-electron chi connectivity index (χ4n) is 1.75. The Bertz CT molecular complexity index is 451. The highest BCUT2D eigenvalue weighted by molar-refractivity contribution is 5.73. The number of nitrogens with zero attached hydrogens (tertiary/aromatic N) is 1. The number of nitrogens with two attached hydrogens (primary N) is 1. The minimum atomic E-state index is -0.522. The molecule has 88 valence electrons. The molecule has 0 atom stereocenters. The first-order chi connectivity index (χ1) is 8.24. The Balaban J connectivity index is 2.01. The van der Waals surface area contributed by atoms with Gasteiger partial charge in [0.2, 0.25) is 0 Å². The van der Waals surface area contributed by atoms with Crippen molar-refractivity contribution in [3.63, 3.8) is 0 Å². The lowest BCUT2D eigenvalue weighted by Gasteiger charge is -2.21. The van der Waals surface area contributed by atoms with Crippen molar-refractivity contribution in [1.29, 1.82) is 0 Å². The van der Waals surface area contributed by atoms with Crippen LogP contribution in [0.2, 0.25) is 0 Å². The summed E-state index contributed by atoms with van der Waals surface area (Å²) in [5.41, 5.74) is 7.12. The van der Waals surface area contributed by atoms with E-state index >= 15 is 0 Å². The maximum Gasteiger partial charge on any atom is 0.316 e. The third kappa shape index (κ3) is 3.38. The number of hydrogen-bond acceptors (Lipinski definition) is 2. The average molecular weight is 229 g/mol. The second-order valence-electron chi connectivity index (χ2n) is 3.89. The molecule has 1 heterocycles. The van der Waals surface area contributed by atoms with E-state index in [4.69, 9.17) is 5.73 Å². The van der Waals surface area contributed by atoms with E-state index in [2.05, 4.69) is 17.4 Å². The largest absolute Gasteiger partial charge is 0.351 e. The van der Waals surface area contributed by atoms with E-state index in [0.717, 1.165) is 12.2 Å². The van der Waals surface area contributed by atoms with Crippen molar-refractivity contribution in [3.05, 3.63) is 60.1 Å². The lowest BCUT2D eigenvalue weighted by Crippen LogP contribution is -2.30. The first-order valence-electron chi connectivity index (χ1n) is 5.47. The van der Waals surface area contributed by atoms with Gasteiger partial charge in [-0.3, -0.25) is 0 Å². The van der Waals surface area contributed by atoms with Gasteiger partial charge in [-0.2, -0.15) is 0 Å². The minimum Gasteiger partial charge on any atom is -0.351 e. The number of rotatable bonds is 3. The molecule has 0 fully saturated rings. The molecule has 4 heteroatoms. The highest BCUT2D eigenvalue weighted by Crippen LogP contribution is 2.13. The van der Waals surface area contributed by atoms with Crippen LogP contribution in [0.15, 0.2) is 54.5 Å². The number of hydrogen-bond donors (Lipinski definition) is 2. The van der Waals surface area contributed by atoms with Crippen molar-refractivity contribution >= 4 is 6.03 Å². The molecule has 0 spiro atoms. The molecule has 1 aliphatic heterocycles. The summed E-state index contributed by atoms with van der Waals surface area (Å²) in [5.74, 6) is 0. The predicted molar refractivity (Wildman–Crippen MR) is 66.5 cm³/mol. The van der Waals surface area contributed by atoms with Crippen molar-refractivity contribution in [3.8, 4) is 0 Å². The van der Waals surface area contributed by atoms with E-state index in [0.29, 0.717) is 6.42 Å². The molecule has 2 rings (SSSR count). The number of primary amides is 1. The minimum absolute atomic E-state index is 0.522. The summed E-state index contributed by atoms with van der Waals surface area (Å²) < 4.78 is 0. The van der Waals surface area contributed by atoms with Crippen LogP contribution >= 0.6 is 0 Å². The smallest absolute Gasteiger partial charge is 0.316 e. The van der Waals surface area contributed by atoms with Gasteiger partial charge in [0.25, 0.3) is 0 Å². The van der Waals surface area contributed by atoms with Crippen molar-refractivity contribution in [2.75, 3.05) is 0 Å². The van der Waals surface area contributed by atoms with E-state index in [1.165, 1.54) is 5.56 Å². The van der Waals surface area contributed by atoms with Crippen LogP contribution in [-0.2, 0) is 6.54 Å². The lowest BCUT2D eigenvalue weighted by molar-refractivity contribution is 0.250. The lowest BCUT2D eigenvalue weighted by atomic mass is 10.2. The van der Waals surface area contributed by atoms with E-state index in [1.54, 1.807) is 0 Å². The van der Waals surface area contributed by atoms with Crippen LogP contribution in [0.4, 0.5) is 4.79 Å². The van der Waals surface area contributed by atoms with Crippen LogP contribution in [0.1, 0.15) is 12.0 Å². The summed E-state index contributed by atoms with van der Waals surface area (Å²) >= 11 is 0. The standard InChI is InChI=1S/C13H15N3O/c14-13(17)15-12-7-4-8-16(10-12)9-11-5-2-1-3-6-11/h1-6,8,10H,7,9H2,(H3,14,15,17). The van der Waals surface area contributed by atoms with Crippen LogP contribution in [0.25, 0.3) is 0 Å². The summed E-state index contributed by atoms with van der Waals surface area (Å²) in [6.07, 6.45) is 6.60. The zero-order valence-electron chi connectivity index (χ0n) is 9.47. The number of allylic oxidation sites excluding steroid dienone is 1. The second kappa shape index (κ2) is 5.21. The molecule has 0 bridgehead atoms. The molecule has 1 aromatic carbocycles. The molecule has 3 N–H and O–H groups in total. The van der Waals surface area contributed by atoms with Crippen molar-refractivity contribution < 1.29 is 4.79 Å². The quantitative estimate of drug-likeness (QED) is 0.831. The Morgan fingerprint density at radius 1 is 1.35 bits per heavy atom. The topological polar surface area (TPSA) is 58.4 Å². The van der Waals surface area contributed by atoms with Crippen LogP contribution in [0.5, 0.6) is 0 Å². The zero-order chi connectivity index (χ0) is 12.1. The summed E-state index contributed by atoms with van der Waals surface area (Å²) in [6.45, 7) is 0.779. The fraction of sp³-hybridized carbons (Fsp3) is 0.154. The van der Waals surface area contributed by atoms with Crippen LogP contribution in [-0.4, -0.2) is 10.9 Å². The first-order valence-corrected chi connectivity index (χ1v) is 5.47. The van der Waals surface area contributed by atoms with E-state index in [9.17, 15) is 4.79 Å². The first kappa shape index (κ1) is 11.3. The monoisotopic (exact) mass is 229 g/mol. The molecule has 4 nitrogen and oxygen atoms in total. The molecule has 0 aliphatic carbocycles. The number of carbonyl (C=O) groups excluding carboxylic acids is 1. The Kier molecular flexibility index (Phi) is 3.45. The van der Waals surface area contributed by atoms with Gasteiger partial charge < -0.3 is 16.0 Å². The van der Waals surface area contributed by atoms with Crippen molar-refractivity contribution in [1.82, 2.24) is 10.2 Å². The maximum atomic E-state index is 10.8. The Labute approximate surface area is 100 Å². The van der Waals surface area contributed by atoms with Gasteiger partial charge in [0.1, 0.15) is 0 Å². The predicted octanol–water partition coefficient (Wildman–Crippen LogP) is 1.92. The van der Waals surface area contributed by atoms with Gasteiger partial charge in [-0.1, -0.05) is 36.4 Å². The van der Waals surface area contributed by atoms with E-state index < -0.39 is 6.03 Å². The van der Waals surface area contributed by atoms with Crippen molar-refractivity contribution in [2.24, 2.45) is 5.73 Å². The number of benzene rings is 1. The second-order valence-corrected chi connectivity index (χ2v) is 3.89. The molecule has 0 saturated carbocycles. The van der Waals surface area contributed by atoms with Gasteiger partial charge in [-0.05, 0) is 5.56 Å². The Hall–Kier alpha value is -2.23. The molecule has 1 aliphatic rings. The molecule has 0 unspecified atom stereocenters. The summed E-state index contributed by atoms with van der Waals surface area (Å²) in [4.78, 5) is 12.8. The zero-order valence-corrected chi connectivity index (χ0v) is 9.47. The molecule has 1 aromatic rings. The van der Waals surface area contributed by atoms with Crippen molar-refractivity contribution in [2.45, 2.75) is 13.0 Å². The molecular weight excluding hydrogens is 214 g/mol. The number of carbonyl (C=O) groups is 1. The molecular formula is C13H15N3O. The Morgan fingerprint density at radius 2 is 2.12 bits per heavy atom. The average Bonchev–Trinajstić information content (AvgIpc) is 2.30. The number of nitrogens with one attached hydrogen (secondary N) is 1. The van der Waals surface area contributed by atoms with Gasteiger partial charge in [0.05, 0.1) is 0 Å². The molecule has 0 saturated heterocycles. The molecule has 17 heavy (non-hydrogen) atoms. The highest BCUT2D eigenvalue weighted by Gasteiger charge is 2.06. The SMILES string of the molecule is NC(=O)NC1=CN(Cc2ccccc2)C=CC1.